The quantitative estimate of drug-likeness (QED) is 0.373. The van der Waals surface area contributed by atoms with Gasteiger partial charge >= 0.3 is 6.18 Å². The summed E-state index contributed by atoms with van der Waals surface area (Å²) in [5.41, 5.74) is -0.177. The number of aromatic nitrogens is 2. The number of nitrogens with zero attached hydrogens (tertiary/aromatic N) is 3. The van der Waals surface area contributed by atoms with E-state index in [4.69, 9.17) is 0 Å². The molecule has 0 saturated heterocycles. The second kappa shape index (κ2) is 8.08. The Labute approximate surface area is 180 Å². The summed E-state index contributed by atoms with van der Waals surface area (Å²) in [5, 5.41) is 2.67. The van der Waals surface area contributed by atoms with Crippen LogP contribution in [0.15, 0.2) is 77.7 Å². The van der Waals surface area contributed by atoms with Crippen LogP contribution in [0.5, 0.6) is 0 Å². The van der Waals surface area contributed by atoms with Gasteiger partial charge in [-0.1, -0.05) is 24.3 Å². The number of hydrogen-bond donors (Lipinski definition) is 1. The molecule has 1 heterocycles. The molecular weight excluding hydrogens is 448 g/mol. The zero-order chi connectivity index (χ0) is 22.9. The van der Waals surface area contributed by atoms with Crippen LogP contribution in [0.25, 0.3) is 15.8 Å². The predicted molar refractivity (Wildman–Crippen MR) is 111 cm³/mol. The molecule has 0 aliphatic carbocycles. The Morgan fingerprint density at radius 1 is 0.844 bits per heavy atom. The normalized spacial score (nSPS) is 12.0. The molecule has 32 heavy (non-hydrogen) atoms. The summed E-state index contributed by atoms with van der Waals surface area (Å²) in [5.74, 6) is -1.14. The van der Waals surface area contributed by atoms with E-state index in [9.17, 15) is 26.0 Å². The first kappa shape index (κ1) is 21.5. The van der Waals surface area contributed by atoms with Crippen molar-refractivity contribution in [3.63, 3.8) is 0 Å². The molecule has 0 unspecified atom stereocenters. The van der Waals surface area contributed by atoms with Gasteiger partial charge in [-0.05, 0) is 59.9 Å². The number of fused-ring (bicyclic) bond motifs is 1. The van der Waals surface area contributed by atoms with Crippen molar-refractivity contribution in [1.82, 2.24) is 9.97 Å². The Bertz CT molecular complexity index is 1390. The third kappa shape index (κ3) is 4.62. The van der Waals surface area contributed by atoms with Crippen molar-refractivity contribution in [2.24, 2.45) is 0 Å². The van der Waals surface area contributed by atoms with Crippen LogP contribution < -0.4 is 5.32 Å². The third-order valence-electron chi connectivity index (χ3n) is 4.32. The van der Waals surface area contributed by atoms with Gasteiger partial charge in [-0.25, -0.2) is 17.8 Å². The maximum absolute atomic E-state index is 13.2. The Morgan fingerprint density at radius 2 is 1.50 bits per heavy atom. The Balaban J connectivity index is 1.77. The standard InChI is InChI=1S/C21H13F4N4O2S/c22-14-8-10-16(11-9-14)32(30,31)29-20-19(27-17-6-1-2-7-18(17)28-20)26-15-5-3-4-13(12-15)21(23,24)25/h1-12H,(H-,26,27,28,29)/q-1. The van der Waals surface area contributed by atoms with E-state index in [1.54, 1.807) is 24.3 Å². The first-order valence-electron chi connectivity index (χ1n) is 9.06. The van der Waals surface area contributed by atoms with E-state index in [0.717, 1.165) is 36.4 Å². The van der Waals surface area contributed by atoms with Crippen LogP contribution in [0.4, 0.5) is 34.9 Å². The number of rotatable bonds is 5. The van der Waals surface area contributed by atoms with E-state index in [2.05, 4.69) is 20.0 Å². The van der Waals surface area contributed by atoms with Gasteiger partial charge in [-0.3, -0.25) is 0 Å². The molecular formula is C21H13F4N4O2S-. The summed E-state index contributed by atoms with van der Waals surface area (Å²) in [6.45, 7) is 0. The Kier molecular flexibility index (Phi) is 5.43. The molecule has 1 N–H and O–H groups in total. The van der Waals surface area contributed by atoms with E-state index in [-0.39, 0.29) is 22.2 Å². The van der Waals surface area contributed by atoms with Gasteiger partial charge in [-0.2, -0.15) is 13.2 Å². The largest absolute Gasteiger partial charge is 0.431 e. The lowest BCUT2D eigenvalue weighted by Crippen LogP contribution is -2.06. The highest BCUT2D eigenvalue weighted by atomic mass is 32.2. The average Bonchev–Trinajstić information content (AvgIpc) is 2.74. The van der Waals surface area contributed by atoms with Gasteiger partial charge in [0, 0.05) is 5.69 Å². The van der Waals surface area contributed by atoms with Crippen LogP contribution in [-0.2, 0) is 16.2 Å². The van der Waals surface area contributed by atoms with Crippen molar-refractivity contribution in [3.8, 4) is 0 Å². The Hall–Kier alpha value is -3.73. The van der Waals surface area contributed by atoms with E-state index in [1.807, 2.05) is 0 Å². The second-order valence-corrected chi connectivity index (χ2v) is 8.21. The molecule has 6 nitrogen and oxygen atoms in total. The average molecular weight is 461 g/mol. The highest BCUT2D eigenvalue weighted by molar-refractivity contribution is 7.94. The van der Waals surface area contributed by atoms with Crippen LogP contribution in [0.2, 0.25) is 0 Å². The van der Waals surface area contributed by atoms with Crippen LogP contribution in [0, 0.1) is 5.82 Å². The highest BCUT2D eigenvalue weighted by Gasteiger charge is 2.30. The van der Waals surface area contributed by atoms with Crippen molar-refractivity contribution < 1.29 is 26.0 Å². The maximum Gasteiger partial charge on any atom is 0.416 e. The molecule has 0 amide bonds. The topological polar surface area (TPSA) is 86.1 Å². The lowest BCUT2D eigenvalue weighted by molar-refractivity contribution is -0.137. The summed E-state index contributed by atoms with van der Waals surface area (Å²) >= 11 is 0. The number of para-hydroxylation sites is 2. The minimum atomic E-state index is -4.56. The zero-order valence-corrected chi connectivity index (χ0v) is 16.8. The second-order valence-electron chi connectivity index (χ2n) is 6.61. The SMILES string of the molecule is O=S(=O)([N-]c1nc2ccccc2nc1Nc1cccc(C(F)(F)F)c1)c1ccc(F)cc1. The summed E-state index contributed by atoms with van der Waals surface area (Å²) in [6.07, 6.45) is -4.56. The minimum Gasteiger partial charge on any atom is -0.431 e. The summed E-state index contributed by atoms with van der Waals surface area (Å²) < 4.78 is 81.4. The molecule has 0 radical (unpaired) electrons. The first-order valence-corrected chi connectivity index (χ1v) is 10.5. The molecule has 0 saturated carbocycles. The van der Waals surface area contributed by atoms with Gasteiger partial charge in [0.2, 0.25) is 10.0 Å². The van der Waals surface area contributed by atoms with Crippen LogP contribution >= 0.6 is 0 Å². The number of sulfonamides is 1. The van der Waals surface area contributed by atoms with Gasteiger partial charge in [0.1, 0.15) is 11.6 Å². The van der Waals surface area contributed by atoms with Gasteiger partial charge in [0.25, 0.3) is 0 Å². The number of anilines is 2. The van der Waals surface area contributed by atoms with Gasteiger partial charge < -0.3 is 15.0 Å². The molecule has 0 fully saturated rings. The smallest absolute Gasteiger partial charge is 0.416 e. The maximum atomic E-state index is 13.2. The fourth-order valence-electron chi connectivity index (χ4n) is 2.82. The van der Waals surface area contributed by atoms with Gasteiger partial charge in [0.05, 0.1) is 16.0 Å². The highest BCUT2D eigenvalue weighted by Crippen LogP contribution is 2.36. The van der Waals surface area contributed by atoms with Crippen LogP contribution in [0.3, 0.4) is 0 Å². The van der Waals surface area contributed by atoms with Crippen LogP contribution in [0.1, 0.15) is 5.56 Å². The molecule has 3 aromatic carbocycles. The first-order chi connectivity index (χ1) is 15.1. The summed E-state index contributed by atoms with van der Waals surface area (Å²) in [4.78, 5) is 8.21. The van der Waals surface area contributed by atoms with Crippen molar-refractivity contribution in [2.75, 3.05) is 5.32 Å². The molecule has 0 spiro atoms. The van der Waals surface area contributed by atoms with Crippen molar-refractivity contribution >= 4 is 38.4 Å². The molecule has 164 valence electrons. The summed E-state index contributed by atoms with van der Waals surface area (Å²) in [7, 11) is -4.31. The number of hydrogen-bond acceptors (Lipinski definition) is 5. The zero-order valence-electron chi connectivity index (χ0n) is 16.0. The third-order valence-corrected chi connectivity index (χ3v) is 5.60. The molecule has 0 bridgehead atoms. The molecule has 0 aliphatic rings. The lowest BCUT2D eigenvalue weighted by atomic mass is 10.2. The van der Waals surface area contributed by atoms with E-state index in [0.29, 0.717) is 11.0 Å². The molecule has 4 aromatic rings. The van der Waals surface area contributed by atoms with E-state index >= 15 is 0 Å². The van der Waals surface area contributed by atoms with Crippen LogP contribution in [-0.4, -0.2) is 18.4 Å². The number of benzene rings is 3. The summed E-state index contributed by atoms with van der Waals surface area (Å²) in [6, 6.07) is 14.9. The monoisotopic (exact) mass is 461 g/mol. The van der Waals surface area contributed by atoms with Crippen molar-refractivity contribution in [1.29, 1.82) is 0 Å². The van der Waals surface area contributed by atoms with Gasteiger partial charge in [-0.15, -0.1) is 0 Å². The fourth-order valence-corrected chi connectivity index (χ4v) is 3.76. The molecule has 1 aromatic heterocycles. The van der Waals surface area contributed by atoms with E-state index < -0.39 is 27.6 Å². The Morgan fingerprint density at radius 3 is 2.16 bits per heavy atom. The predicted octanol–water partition coefficient (Wildman–Crippen LogP) is 5.93. The van der Waals surface area contributed by atoms with Crippen molar-refractivity contribution in [2.45, 2.75) is 11.1 Å². The number of alkyl halides is 3. The molecule has 4 rings (SSSR count). The molecule has 0 aliphatic heterocycles. The van der Waals surface area contributed by atoms with Crippen molar-refractivity contribution in [3.05, 3.63) is 88.9 Å². The number of nitrogens with one attached hydrogen (secondary N) is 1. The lowest BCUT2D eigenvalue weighted by Gasteiger charge is -2.21. The molecule has 0 atom stereocenters. The fraction of sp³-hybridized carbons (Fsp3) is 0.0476. The minimum absolute atomic E-state index is 0.0139. The van der Waals surface area contributed by atoms with E-state index in [1.165, 1.54) is 12.1 Å². The number of halogens is 4. The van der Waals surface area contributed by atoms with Gasteiger partial charge in [0.15, 0.2) is 0 Å². The molecule has 11 heteroatoms.